The second-order valence-corrected chi connectivity index (χ2v) is 7.90. The van der Waals surface area contributed by atoms with Crippen LogP contribution in [0.25, 0.3) is 0 Å². The van der Waals surface area contributed by atoms with E-state index in [9.17, 15) is 14.0 Å². The van der Waals surface area contributed by atoms with Gasteiger partial charge < -0.3 is 15.5 Å². The summed E-state index contributed by atoms with van der Waals surface area (Å²) in [6, 6.07) is 14.1. The standard InChI is InChI=1S/C23H26FN3O2/c24-20-7-3-2-6-17(20)16-25-21(28)23(12-13-23)22(29)26-18-8-10-19(11-9-18)27-14-4-1-5-15-27/h2-3,6-11H,1,4-5,12-16H2,(H,25,28)(H,26,29). The van der Waals surface area contributed by atoms with E-state index in [1.54, 1.807) is 18.2 Å². The van der Waals surface area contributed by atoms with Crippen molar-refractivity contribution in [2.45, 2.75) is 38.6 Å². The minimum Gasteiger partial charge on any atom is -0.372 e. The van der Waals surface area contributed by atoms with Gasteiger partial charge in [0.1, 0.15) is 11.2 Å². The van der Waals surface area contributed by atoms with Gasteiger partial charge in [-0.25, -0.2) is 4.39 Å². The molecule has 6 heteroatoms. The topological polar surface area (TPSA) is 61.4 Å². The summed E-state index contributed by atoms with van der Waals surface area (Å²) < 4.78 is 13.7. The highest BCUT2D eigenvalue weighted by molar-refractivity contribution is 6.13. The third kappa shape index (κ3) is 4.26. The number of hydrogen-bond donors (Lipinski definition) is 2. The summed E-state index contributed by atoms with van der Waals surface area (Å²) in [5.41, 5.74) is 1.21. The van der Waals surface area contributed by atoms with E-state index in [1.165, 1.54) is 25.3 Å². The molecule has 0 radical (unpaired) electrons. The first kappa shape index (κ1) is 19.4. The van der Waals surface area contributed by atoms with E-state index in [2.05, 4.69) is 15.5 Å². The second kappa shape index (κ2) is 8.23. The predicted molar refractivity (Wildman–Crippen MR) is 111 cm³/mol. The van der Waals surface area contributed by atoms with Crippen LogP contribution in [0, 0.1) is 11.2 Å². The zero-order chi connectivity index (χ0) is 20.3. The second-order valence-electron chi connectivity index (χ2n) is 7.90. The molecule has 2 aliphatic rings. The number of benzene rings is 2. The summed E-state index contributed by atoms with van der Waals surface area (Å²) >= 11 is 0. The van der Waals surface area contributed by atoms with Gasteiger partial charge in [0.25, 0.3) is 0 Å². The molecule has 0 bridgehead atoms. The molecular weight excluding hydrogens is 369 g/mol. The zero-order valence-electron chi connectivity index (χ0n) is 16.4. The Morgan fingerprint density at radius 3 is 2.28 bits per heavy atom. The molecule has 5 nitrogen and oxygen atoms in total. The molecule has 1 aliphatic heterocycles. The molecule has 1 saturated carbocycles. The van der Waals surface area contributed by atoms with Gasteiger partial charge in [-0.15, -0.1) is 0 Å². The van der Waals surface area contributed by atoms with Crippen LogP contribution in [0.3, 0.4) is 0 Å². The summed E-state index contributed by atoms with van der Waals surface area (Å²) in [6.45, 7) is 2.21. The van der Waals surface area contributed by atoms with Crippen molar-refractivity contribution in [3.05, 3.63) is 59.9 Å². The SMILES string of the molecule is O=C(NCc1ccccc1F)C1(C(=O)Nc2ccc(N3CCCCC3)cc2)CC1. The van der Waals surface area contributed by atoms with Crippen LogP contribution in [0.5, 0.6) is 0 Å². The fourth-order valence-electron chi connectivity index (χ4n) is 3.83. The first-order valence-electron chi connectivity index (χ1n) is 10.3. The quantitative estimate of drug-likeness (QED) is 0.731. The van der Waals surface area contributed by atoms with Crippen molar-refractivity contribution >= 4 is 23.2 Å². The Morgan fingerprint density at radius 2 is 1.62 bits per heavy atom. The lowest BCUT2D eigenvalue weighted by atomic mass is 10.0. The van der Waals surface area contributed by atoms with Crippen LogP contribution in [-0.2, 0) is 16.1 Å². The summed E-state index contributed by atoms with van der Waals surface area (Å²) in [4.78, 5) is 27.7. The number of rotatable bonds is 6. The van der Waals surface area contributed by atoms with Crippen molar-refractivity contribution in [1.82, 2.24) is 5.32 Å². The summed E-state index contributed by atoms with van der Waals surface area (Å²) in [6.07, 6.45) is 4.72. The lowest BCUT2D eigenvalue weighted by molar-refractivity contribution is -0.134. The largest absolute Gasteiger partial charge is 0.372 e. The maximum Gasteiger partial charge on any atom is 0.240 e. The molecule has 2 N–H and O–H groups in total. The van der Waals surface area contributed by atoms with Gasteiger partial charge in [-0.1, -0.05) is 18.2 Å². The van der Waals surface area contributed by atoms with E-state index in [0.717, 1.165) is 18.8 Å². The average Bonchev–Trinajstić information content (AvgIpc) is 3.56. The van der Waals surface area contributed by atoms with E-state index in [1.807, 2.05) is 24.3 Å². The number of amides is 2. The van der Waals surface area contributed by atoms with Crippen molar-refractivity contribution in [1.29, 1.82) is 0 Å². The third-order valence-corrected chi connectivity index (χ3v) is 5.86. The van der Waals surface area contributed by atoms with Gasteiger partial charge in [-0.05, 0) is 62.4 Å². The van der Waals surface area contributed by atoms with Crippen molar-refractivity contribution in [2.75, 3.05) is 23.3 Å². The molecule has 0 atom stereocenters. The highest BCUT2D eigenvalue weighted by atomic mass is 19.1. The molecule has 4 rings (SSSR count). The first-order chi connectivity index (χ1) is 14.1. The Labute approximate surface area is 170 Å². The van der Waals surface area contributed by atoms with Gasteiger partial charge in [0, 0.05) is 36.6 Å². The van der Waals surface area contributed by atoms with Crippen LogP contribution in [0.4, 0.5) is 15.8 Å². The number of nitrogens with zero attached hydrogens (tertiary/aromatic N) is 1. The highest BCUT2D eigenvalue weighted by Crippen LogP contribution is 2.47. The third-order valence-electron chi connectivity index (χ3n) is 5.86. The molecule has 2 aromatic rings. The molecule has 0 spiro atoms. The molecular formula is C23H26FN3O2. The van der Waals surface area contributed by atoms with Crippen molar-refractivity contribution in [3.63, 3.8) is 0 Å². The fraction of sp³-hybridized carbons (Fsp3) is 0.391. The molecule has 1 aliphatic carbocycles. The minimum atomic E-state index is -1.04. The number of carbonyl (C=O) groups excluding carboxylic acids is 2. The van der Waals surface area contributed by atoms with Gasteiger partial charge >= 0.3 is 0 Å². The number of carbonyl (C=O) groups is 2. The number of piperidine rings is 1. The molecule has 2 amide bonds. The summed E-state index contributed by atoms with van der Waals surface area (Å²) in [7, 11) is 0. The predicted octanol–water partition coefficient (Wildman–Crippen LogP) is 3.85. The van der Waals surface area contributed by atoms with E-state index >= 15 is 0 Å². The van der Waals surface area contributed by atoms with E-state index in [4.69, 9.17) is 0 Å². The number of anilines is 2. The molecule has 0 aromatic heterocycles. The molecule has 0 unspecified atom stereocenters. The minimum absolute atomic E-state index is 0.0745. The lowest BCUT2D eigenvalue weighted by Gasteiger charge is -2.28. The van der Waals surface area contributed by atoms with Crippen LogP contribution in [0.1, 0.15) is 37.7 Å². The Morgan fingerprint density at radius 1 is 0.931 bits per heavy atom. The highest BCUT2D eigenvalue weighted by Gasteiger charge is 2.56. The van der Waals surface area contributed by atoms with Gasteiger partial charge in [0.2, 0.25) is 11.8 Å². The summed E-state index contributed by atoms with van der Waals surface area (Å²) in [5, 5.41) is 5.59. The molecule has 29 heavy (non-hydrogen) atoms. The van der Waals surface area contributed by atoms with Crippen molar-refractivity contribution in [3.8, 4) is 0 Å². The van der Waals surface area contributed by atoms with E-state index in [-0.39, 0.29) is 24.2 Å². The Balaban J connectivity index is 1.35. The maximum absolute atomic E-state index is 13.7. The van der Waals surface area contributed by atoms with Gasteiger partial charge in [0.05, 0.1) is 0 Å². The van der Waals surface area contributed by atoms with Crippen LogP contribution < -0.4 is 15.5 Å². The molecule has 2 fully saturated rings. The number of halogens is 1. The normalized spacial score (nSPS) is 17.5. The number of hydrogen-bond acceptors (Lipinski definition) is 3. The van der Waals surface area contributed by atoms with Crippen LogP contribution in [0.15, 0.2) is 48.5 Å². The molecule has 1 saturated heterocycles. The van der Waals surface area contributed by atoms with Gasteiger partial charge in [-0.3, -0.25) is 9.59 Å². The van der Waals surface area contributed by atoms with E-state index < -0.39 is 5.41 Å². The van der Waals surface area contributed by atoms with Gasteiger partial charge in [-0.2, -0.15) is 0 Å². The first-order valence-corrected chi connectivity index (χ1v) is 10.3. The Kier molecular flexibility index (Phi) is 5.51. The van der Waals surface area contributed by atoms with Crippen LogP contribution in [0.2, 0.25) is 0 Å². The maximum atomic E-state index is 13.7. The van der Waals surface area contributed by atoms with Crippen LogP contribution >= 0.6 is 0 Å². The van der Waals surface area contributed by atoms with Crippen molar-refractivity contribution < 1.29 is 14.0 Å². The van der Waals surface area contributed by atoms with Crippen LogP contribution in [-0.4, -0.2) is 24.9 Å². The van der Waals surface area contributed by atoms with Gasteiger partial charge in [0.15, 0.2) is 0 Å². The summed E-state index contributed by atoms with van der Waals surface area (Å²) in [5.74, 6) is -1.01. The molecule has 152 valence electrons. The Hall–Kier alpha value is -2.89. The van der Waals surface area contributed by atoms with Crippen molar-refractivity contribution in [2.24, 2.45) is 5.41 Å². The average molecular weight is 395 g/mol. The van der Waals surface area contributed by atoms with E-state index in [0.29, 0.717) is 24.1 Å². The lowest BCUT2D eigenvalue weighted by Crippen LogP contribution is -2.39. The molecule has 2 aromatic carbocycles. The molecule has 1 heterocycles. The number of nitrogens with one attached hydrogen (secondary N) is 2. The Bertz CT molecular complexity index is 887. The monoisotopic (exact) mass is 395 g/mol. The fourth-order valence-corrected chi connectivity index (χ4v) is 3.83. The smallest absolute Gasteiger partial charge is 0.240 e. The zero-order valence-corrected chi connectivity index (χ0v) is 16.4.